The summed E-state index contributed by atoms with van der Waals surface area (Å²) in [5.41, 5.74) is 1.60. The lowest BCUT2D eigenvalue weighted by atomic mass is 10.2. The second kappa shape index (κ2) is 8.58. The number of rotatable bonds is 7. The van der Waals surface area contributed by atoms with E-state index in [4.69, 9.17) is 4.74 Å². The van der Waals surface area contributed by atoms with Crippen molar-refractivity contribution in [3.05, 3.63) is 65.7 Å². The first-order chi connectivity index (χ1) is 11.2. The van der Waals surface area contributed by atoms with Gasteiger partial charge in [0.2, 0.25) is 0 Å². The minimum absolute atomic E-state index is 0.0622. The predicted molar refractivity (Wildman–Crippen MR) is 88.2 cm³/mol. The first-order valence-corrected chi connectivity index (χ1v) is 7.50. The smallest absolute Gasteiger partial charge is 0.258 e. The van der Waals surface area contributed by atoms with Crippen LogP contribution < -0.4 is 15.4 Å². The Bertz CT molecular complexity index is 639. The van der Waals surface area contributed by atoms with E-state index < -0.39 is 0 Å². The van der Waals surface area contributed by atoms with Crippen molar-refractivity contribution in [2.45, 2.75) is 13.5 Å². The highest BCUT2D eigenvalue weighted by atomic mass is 16.5. The summed E-state index contributed by atoms with van der Waals surface area (Å²) in [7, 11) is 0. The fraction of sp³-hybridized carbons (Fsp3) is 0.222. The van der Waals surface area contributed by atoms with E-state index in [2.05, 4.69) is 10.6 Å². The number of nitrogens with one attached hydrogen (secondary N) is 2. The van der Waals surface area contributed by atoms with E-state index in [9.17, 15) is 9.59 Å². The fourth-order valence-electron chi connectivity index (χ4n) is 1.96. The van der Waals surface area contributed by atoms with Gasteiger partial charge in [-0.15, -0.1) is 0 Å². The van der Waals surface area contributed by atoms with Gasteiger partial charge in [0.1, 0.15) is 5.75 Å². The van der Waals surface area contributed by atoms with Gasteiger partial charge in [0, 0.05) is 18.7 Å². The molecule has 23 heavy (non-hydrogen) atoms. The largest absolute Gasteiger partial charge is 0.484 e. The average molecular weight is 312 g/mol. The van der Waals surface area contributed by atoms with Crippen molar-refractivity contribution in [3.8, 4) is 5.75 Å². The van der Waals surface area contributed by atoms with E-state index in [1.807, 2.05) is 37.3 Å². The molecule has 2 rings (SSSR count). The highest BCUT2D eigenvalue weighted by molar-refractivity contribution is 5.94. The molecule has 5 heteroatoms. The molecule has 0 atom stereocenters. The zero-order valence-electron chi connectivity index (χ0n) is 13.0. The number of hydrogen-bond acceptors (Lipinski definition) is 3. The summed E-state index contributed by atoms with van der Waals surface area (Å²) < 4.78 is 5.41. The fourth-order valence-corrected chi connectivity index (χ4v) is 1.96. The maximum absolute atomic E-state index is 11.7. The third-order valence-electron chi connectivity index (χ3n) is 3.16. The van der Waals surface area contributed by atoms with Gasteiger partial charge in [0.15, 0.2) is 6.61 Å². The van der Waals surface area contributed by atoms with Crippen LogP contribution in [0.2, 0.25) is 0 Å². The standard InChI is InChI=1S/C18H20N2O3/c1-2-19-18(22)15-8-10-16(11-9-15)23-13-17(21)20-12-14-6-4-3-5-7-14/h3-11H,2,12-13H2,1H3,(H,19,22)(H,20,21). The van der Waals surface area contributed by atoms with Crippen LogP contribution in [0.1, 0.15) is 22.8 Å². The lowest BCUT2D eigenvalue weighted by molar-refractivity contribution is -0.123. The Labute approximate surface area is 135 Å². The Hall–Kier alpha value is -2.82. The molecule has 0 unspecified atom stereocenters. The molecule has 2 aromatic rings. The summed E-state index contributed by atoms with van der Waals surface area (Å²) >= 11 is 0. The minimum Gasteiger partial charge on any atom is -0.484 e. The summed E-state index contributed by atoms with van der Waals surface area (Å²) in [4.78, 5) is 23.4. The highest BCUT2D eigenvalue weighted by Crippen LogP contribution is 2.12. The molecule has 0 saturated heterocycles. The molecule has 0 aromatic heterocycles. The number of carbonyl (C=O) groups excluding carboxylic acids is 2. The van der Waals surface area contributed by atoms with Crippen molar-refractivity contribution < 1.29 is 14.3 Å². The molecule has 0 saturated carbocycles. The molecule has 5 nitrogen and oxygen atoms in total. The summed E-state index contributed by atoms with van der Waals surface area (Å²) in [5, 5.41) is 5.51. The van der Waals surface area contributed by atoms with Crippen LogP contribution in [0.25, 0.3) is 0 Å². The van der Waals surface area contributed by atoms with E-state index >= 15 is 0 Å². The summed E-state index contributed by atoms with van der Waals surface area (Å²) in [6.45, 7) is 2.86. The Balaban J connectivity index is 1.77. The van der Waals surface area contributed by atoms with Crippen molar-refractivity contribution in [1.29, 1.82) is 0 Å². The molecular weight excluding hydrogens is 292 g/mol. The molecule has 0 spiro atoms. The van der Waals surface area contributed by atoms with Gasteiger partial charge in [-0.25, -0.2) is 0 Å². The number of carbonyl (C=O) groups is 2. The zero-order chi connectivity index (χ0) is 16.5. The molecule has 2 aromatic carbocycles. The van der Waals surface area contributed by atoms with Crippen molar-refractivity contribution in [2.24, 2.45) is 0 Å². The van der Waals surface area contributed by atoms with Crippen LogP contribution in [0.4, 0.5) is 0 Å². The van der Waals surface area contributed by atoms with Gasteiger partial charge in [0.25, 0.3) is 11.8 Å². The van der Waals surface area contributed by atoms with Crippen LogP contribution >= 0.6 is 0 Å². The molecule has 120 valence electrons. The average Bonchev–Trinajstić information content (AvgIpc) is 2.59. The van der Waals surface area contributed by atoms with Crippen LogP contribution in [0.15, 0.2) is 54.6 Å². The Kier molecular flexibility index (Phi) is 6.17. The summed E-state index contributed by atoms with van der Waals surface area (Å²) in [5.74, 6) is 0.231. The number of hydrogen-bond donors (Lipinski definition) is 2. The van der Waals surface area contributed by atoms with Crippen LogP contribution in [0, 0.1) is 0 Å². The quantitative estimate of drug-likeness (QED) is 0.823. The topological polar surface area (TPSA) is 67.4 Å². The van der Waals surface area contributed by atoms with E-state index in [0.717, 1.165) is 5.56 Å². The lowest BCUT2D eigenvalue weighted by Crippen LogP contribution is -2.28. The van der Waals surface area contributed by atoms with Gasteiger partial charge >= 0.3 is 0 Å². The van der Waals surface area contributed by atoms with Crippen LogP contribution in [0.5, 0.6) is 5.75 Å². The molecule has 0 heterocycles. The summed E-state index contributed by atoms with van der Waals surface area (Å²) in [6.07, 6.45) is 0. The second-order valence-electron chi connectivity index (χ2n) is 4.93. The molecule has 0 bridgehead atoms. The third-order valence-corrected chi connectivity index (χ3v) is 3.16. The lowest BCUT2D eigenvalue weighted by Gasteiger charge is -2.08. The normalized spacial score (nSPS) is 9.96. The van der Waals surface area contributed by atoms with Crippen molar-refractivity contribution >= 4 is 11.8 Å². The molecule has 0 fully saturated rings. The molecule has 2 N–H and O–H groups in total. The summed E-state index contributed by atoms with van der Waals surface area (Å²) in [6, 6.07) is 16.4. The van der Waals surface area contributed by atoms with E-state index in [0.29, 0.717) is 24.4 Å². The van der Waals surface area contributed by atoms with Crippen LogP contribution in [-0.4, -0.2) is 25.0 Å². The van der Waals surface area contributed by atoms with Crippen molar-refractivity contribution in [2.75, 3.05) is 13.2 Å². The predicted octanol–water partition coefficient (Wildman–Crippen LogP) is 2.13. The highest BCUT2D eigenvalue weighted by Gasteiger charge is 2.06. The Morgan fingerprint density at radius 2 is 1.65 bits per heavy atom. The molecule has 0 aliphatic rings. The number of benzene rings is 2. The SMILES string of the molecule is CCNC(=O)c1ccc(OCC(=O)NCc2ccccc2)cc1. The molecule has 2 amide bonds. The molecular formula is C18H20N2O3. The maximum Gasteiger partial charge on any atom is 0.258 e. The van der Waals surface area contributed by atoms with Gasteiger partial charge in [-0.05, 0) is 36.8 Å². The van der Waals surface area contributed by atoms with Gasteiger partial charge in [0.05, 0.1) is 0 Å². The van der Waals surface area contributed by atoms with Gasteiger partial charge in [-0.3, -0.25) is 9.59 Å². The molecule has 0 aliphatic carbocycles. The van der Waals surface area contributed by atoms with Crippen molar-refractivity contribution in [1.82, 2.24) is 10.6 Å². The van der Waals surface area contributed by atoms with E-state index in [1.165, 1.54) is 0 Å². The second-order valence-corrected chi connectivity index (χ2v) is 4.93. The van der Waals surface area contributed by atoms with Crippen molar-refractivity contribution in [3.63, 3.8) is 0 Å². The van der Waals surface area contributed by atoms with Gasteiger partial charge in [-0.2, -0.15) is 0 Å². The van der Waals surface area contributed by atoms with Gasteiger partial charge in [-0.1, -0.05) is 30.3 Å². The molecule has 0 radical (unpaired) electrons. The van der Waals surface area contributed by atoms with E-state index in [1.54, 1.807) is 24.3 Å². The Morgan fingerprint density at radius 1 is 0.957 bits per heavy atom. The first kappa shape index (κ1) is 16.5. The number of amides is 2. The maximum atomic E-state index is 11.7. The Morgan fingerprint density at radius 3 is 2.30 bits per heavy atom. The van der Waals surface area contributed by atoms with E-state index in [-0.39, 0.29) is 18.4 Å². The van der Waals surface area contributed by atoms with Crippen LogP contribution in [0.3, 0.4) is 0 Å². The minimum atomic E-state index is -0.193. The number of ether oxygens (including phenoxy) is 1. The van der Waals surface area contributed by atoms with Gasteiger partial charge < -0.3 is 15.4 Å². The first-order valence-electron chi connectivity index (χ1n) is 7.50. The van der Waals surface area contributed by atoms with Crippen LogP contribution in [-0.2, 0) is 11.3 Å². The monoisotopic (exact) mass is 312 g/mol. The molecule has 0 aliphatic heterocycles. The third kappa shape index (κ3) is 5.47. The zero-order valence-corrected chi connectivity index (χ0v) is 13.0.